The largest absolute Gasteiger partial charge is 0.308 e. The second-order valence-corrected chi connectivity index (χ2v) is 5.71. The van der Waals surface area contributed by atoms with Crippen LogP contribution in [0.15, 0.2) is 24.7 Å². The van der Waals surface area contributed by atoms with E-state index < -0.39 is 0 Å². The molecule has 0 radical (unpaired) electrons. The molecule has 16 heavy (non-hydrogen) atoms. The molecular formula is C14H20N2. The van der Waals surface area contributed by atoms with Gasteiger partial charge in [-0.3, -0.25) is 0 Å². The summed E-state index contributed by atoms with van der Waals surface area (Å²) in [6, 6.07) is 1.98. The predicted octanol–water partition coefficient (Wildman–Crippen LogP) is 3.76. The molecule has 86 valence electrons. The fourth-order valence-corrected chi connectivity index (χ4v) is 2.23. The number of aromatic nitrogens is 2. The molecule has 2 aromatic rings. The van der Waals surface area contributed by atoms with Crippen LogP contribution in [0.25, 0.3) is 5.65 Å². The van der Waals surface area contributed by atoms with Crippen molar-refractivity contribution in [3.05, 3.63) is 35.8 Å². The van der Waals surface area contributed by atoms with E-state index in [4.69, 9.17) is 0 Å². The van der Waals surface area contributed by atoms with Crippen LogP contribution in [0, 0.1) is 0 Å². The van der Waals surface area contributed by atoms with E-state index in [0.717, 1.165) is 5.65 Å². The Kier molecular flexibility index (Phi) is 2.53. The summed E-state index contributed by atoms with van der Waals surface area (Å²) in [6.45, 7) is 11.2. The monoisotopic (exact) mass is 216 g/mol. The quantitative estimate of drug-likeness (QED) is 0.709. The fourth-order valence-electron chi connectivity index (χ4n) is 2.23. The van der Waals surface area contributed by atoms with E-state index in [1.54, 1.807) is 0 Å². The zero-order chi connectivity index (χ0) is 11.9. The first-order chi connectivity index (χ1) is 7.41. The average molecular weight is 216 g/mol. The van der Waals surface area contributed by atoms with Gasteiger partial charge in [0.15, 0.2) is 0 Å². The maximum atomic E-state index is 4.51. The van der Waals surface area contributed by atoms with Gasteiger partial charge in [0.1, 0.15) is 5.65 Å². The zero-order valence-corrected chi connectivity index (χ0v) is 10.8. The van der Waals surface area contributed by atoms with Crippen LogP contribution in [0.1, 0.15) is 51.7 Å². The van der Waals surface area contributed by atoms with Gasteiger partial charge in [-0.25, -0.2) is 4.98 Å². The molecule has 0 saturated heterocycles. The van der Waals surface area contributed by atoms with E-state index in [0.29, 0.717) is 5.92 Å². The van der Waals surface area contributed by atoms with Crippen LogP contribution in [-0.4, -0.2) is 9.38 Å². The summed E-state index contributed by atoms with van der Waals surface area (Å²) in [7, 11) is 0. The van der Waals surface area contributed by atoms with Crippen LogP contribution in [0.2, 0.25) is 0 Å². The number of rotatable bonds is 1. The van der Waals surface area contributed by atoms with Crippen molar-refractivity contribution in [2.45, 2.75) is 46.0 Å². The number of hydrogen-bond donors (Lipinski definition) is 0. The van der Waals surface area contributed by atoms with Crippen LogP contribution in [0.4, 0.5) is 0 Å². The van der Waals surface area contributed by atoms with Gasteiger partial charge in [-0.05, 0) is 23.0 Å². The number of nitrogens with zero attached hydrogens (tertiary/aromatic N) is 2. The SMILES string of the molecule is CC(C)c1cn2cccnc2c1C(C)(C)C. The first kappa shape index (κ1) is 11.2. The lowest BCUT2D eigenvalue weighted by Gasteiger charge is -2.21. The Morgan fingerprint density at radius 2 is 1.94 bits per heavy atom. The highest BCUT2D eigenvalue weighted by Crippen LogP contribution is 2.34. The molecular weight excluding hydrogens is 196 g/mol. The van der Waals surface area contributed by atoms with Gasteiger partial charge in [0, 0.05) is 24.2 Å². The second kappa shape index (κ2) is 3.62. The standard InChI is InChI=1S/C14H20N2/c1-10(2)11-9-16-8-6-7-15-13(16)12(11)14(3,4)5/h6-10H,1-5H3. The van der Waals surface area contributed by atoms with E-state index in [1.807, 2.05) is 12.3 Å². The predicted molar refractivity (Wildman–Crippen MR) is 68.0 cm³/mol. The molecule has 0 spiro atoms. The number of hydrogen-bond acceptors (Lipinski definition) is 1. The van der Waals surface area contributed by atoms with Crippen molar-refractivity contribution < 1.29 is 0 Å². The van der Waals surface area contributed by atoms with Gasteiger partial charge in [0.2, 0.25) is 0 Å². The first-order valence-electron chi connectivity index (χ1n) is 5.87. The summed E-state index contributed by atoms with van der Waals surface area (Å²) < 4.78 is 2.13. The molecule has 0 amide bonds. The fraction of sp³-hybridized carbons (Fsp3) is 0.500. The van der Waals surface area contributed by atoms with Crippen LogP contribution in [0.3, 0.4) is 0 Å². The molecule has 2 heteroatoms. The molecule has 2 aromatic heterocycles. The highest BCUT2D eigenvalue weighted by Gasteiger charge is 2.24. The summed E-state index contributed by atoms with van der Waals surface area (Å²) >= 11 is 0. The lowest BCUT2D eigenvalue weighted by molar-refractivity contribution is 0.583. The zero-order valence-electron chi connectivity index (χ0n) is 10.8. The summed E-state index contributed by atoms with van der Waals surface area (Å²) in [6.07, 6.45) is 6.16. The van der Waals surface area contributed by atoms with Crippen molar-refractivity contribution in [3.63, 3.8) is 0 Å². The van der Waals surface area contributed by atoms with Gasteiger partial charge in [0.05, 0.1) is 0 Å². The maximum absolute atomic E-state index is 4.51. The summed E-state index contributed by atoms with van der Waals surface area (Å²) in [5, 5.41) is 0. The van der Waals surface area contributed by atoms with Crippen molar-refractivity contribution >= 4 is 5.65 Å². The Morgan fingerprint density at radius 3 is 2.50 bits per heavy atom. The second-order valence-electron chi connectivity index (χ2n) is 5.71. The molecule has 2 nitrogen and oxygen atoms in total. The van der Waals surface area contributed by atoms with Crippen LogP contribution < -0.4 is 0 Å². The lowest BCUT2D eigenvalue weighted by Crippen LogP contribution is -2.14. The van der Waals surface area contributed by atoms with Crippen LogP contribution >= 0.6 is 0 Å². The molecule has 0 atom stereocenters. The van der Waals surface area contributed by atoms with Crippen molar-refractivity contribution in [1.29, 1.82) is 0 Å². The Morgan fingerprint density at radius 1 is 1.25 bits per heavy atom. The Labute approximate surface area is 97.3 Å². The molecule has 0 aliphatic heterocycles. The summed E-state index contributed by atoms with van der Waals surface area (Å²) in [5.41, 5.74) is 4.02. The molecule has 0 N–H and O–H groups in total. The van der Waals surface area contributed by atoms with Gasteiger partial charge < -0.3 is 4.40 Å². The van der Waals surface area contributed by atoms with Gasteiger partial charge in [-0.1, -0.05) is 34.6 Å². The minimum absolute atomic E-state index is 0.142. The molecule has 2 rings (SSSR count). The first-order valence-corrected chi connectivity index (χ1v) is 5.87. The van der Waals surface area contributed by atoms with E-state index in [-0.39, 0.29) is 5.41 Å². The molecule has 0 aromatic carbocycles. The molecule has 2 heterocycles. The van der Waals surface area contributed by atoms with Crippen molar-refractivity contribution in [2.75, 3.05) is 0 Å². The van der Waals surface area contributed by atoms with Crippen molar-refractivity contribution in [1.82, 2.24) is 9.38 Å². The van der Waals surface area contributed by atoms with Gasteiger partial charge in [-0.2, -0.15) is 0 Å². The molecule has 0 fully saturated rings. The van der Waals surface area contributed by atoms with Crippen LogP contribution in [0.5, 0.6) is 0 Å². The average Bonchev–Trinajstić information content (AvgIpc) is 2.55. The number of fused-ring (bicyclic) bond motifs is 1. The van der Waals surface area contributed by atoms with Gasteiger partial charge in [-0.15, -0.1) is 0 Å². The smallest absolute Gasteiger partial charge is 0.140 e. The van der Waals surface area contributed by atoms with E-state index in [2.05, 4.69) is 56.4 Å². The molecule has 0 aliphatic carbocycles. The summed E-state index contributed by atoms with van der Waals surface area (Å²) in [5.74, 6) is 0.538. The minimum Gasteiger partial charge on any atom is -0.308 e. The highest BCUT2D eigenvalue weighted by atomic mass is 15.0. The normalized spacial score (nSPS) is 12.6. The third-order valence-corrected chi connectivity index (χ3v) is 2.94. The summed E-state index contributed by atoms with van der Waals surface area (Å²) in [4.78, 5) is 4.51. The lowest BCUT2D eigenvalue weighted by atomic mass is 9.83. The molecule has 0 bridgehead atoms. The van der Waals surface area contributed by atoms with Gasteiger partial charge >= 0.3 is 0 Å². The third-order valence-electron chi connectivity index (χ3n) is 2.94. The molecule has 0 saturated carbocycles. The maximum Gasteiger partial charge on any atom is 0.140 e. The van der Waals surface area contributed by atoms with E-state index in [1.165, 1.54) is 11.1 Å². The van der Waals surface area contributed by atoms with Crippen LogP contribution in [-0.2, 0) is 5.41 Å². The van der Waals surface area contributed by atoms with Gasteiger partial charge in [0.25, 0.3) is 0 Å². The highest BCUT2D eigenvalue weighted by molar-refractivity contribution is 5.57. The molecule has 0 aliphatic rings. The van der Waals surface area contributed by atoms with E-state index >= 15 is 0 Å². The topological polar surface area (TPSA) is 17.3 Å². The Balaban J connectivity index is 2.80. The third kappa shape index (κ3) is 1.73. The van der Waals surface area contributed by atoms with Crippen molar-refractivity contribution in [2.24, 2.45) is 0 Å². The van der Waals surface area contributed by atoms with E-state index in [9.17, 15) is 0 Å². The Bertz CT molecular complexity index is 501. The minimum atomic E-state index is 0.142. The Hall–Kier alpha value is -1.31. The molecule has 0 unspecified atom stereocenters. The van der Waals surface area contributed by atoms with Crippen molar-refractivity contribution in [3.8, 4) is 0 Å².